The van der Waals surface area contributed by atoms with E-state index in [2.05, 4.69) is 25.6 Å². The highest BCUT2D eigenvalue weighted by molar-refractivity contribution is 7.99. The minimum absolute atomic E-state index is 0.0818. The number of nitrogens with two attached hydrogens (primary N) is 1. The summed E-state index contributed by atoms with van der Waals surface area (Å²) in [5, 5.41) is 0. The minimum Gasteiger partial charge on any atom is -0.375 e. The molecule has 2 nitrogen and oxygen atoms in total. The molecule has 0 bridgehead atoms. The Morgan fingerprint density at radius 3 is 2.35 bits per heavy atom. The molecule has 0 radical (unpaired) electrons. The molecular formula is C17H31NOS. The van der Waals surface area contributed by atoms with Gasteiger partial charge in [-0.25, -0.2) is 0 Å². The first-order chi connectivity index (χ1) is 9.51. The number of thioether (sulfide) groups is 1. The third kappa shape index (κ3) is 3.05. The maximum atomic E-state index is 6.94. The molecule has 1 aliphatic carbocycles. The molecule has 2 heterocycles. The highest BCUT2D eigenvalue weighted by atomic mass is 32.2. The smallest absolute Gasteiger partial charge is 0.0701 e. The summed E-state index contributed by atoms with van der Waals surface area (Å²) in [7, 11) is 0. The lowest BCUT2D eigenvalue weighted by atomic mass is 9.62. The Hall–Kier alpha value is 0.270. The molecule has 1 saturated carbocycles. The maximum Gasteiger partial charge on any atom is 0.0701 e. The fraction of sp³-hybridized carbons (Fsp3) is 1.00. The van der Waals surface area contributed by atoms with Crippen molar-refractivity contribution in [1.29, 1.82) is 0 Å². The van der Waals surface area contributed by atoms with Gasteiger partial charge in [-0.1, -0.05) is 13.8 Å². The Morgan fingerprint density at radius 2 is 1.70 bits per heavy atom. The van der Waals surface area contributed by atoms with E-state index in [0.717, 1.165) is 18.4 Å². The Balaban J connectivity index is 1.72. The predicted molar refractivity (Wildman–Crippen MR) is 87.1 cm³/mol. The molecule has 1 spiro atoms. The lowest BCUT2D eigenvalue weighted by molar-refractivity contribution is -0.119. The van der Waals surface area contributed by atoms with Crippen LogP contribution in [0.15, 0.2) is 0 Å². The van der Waals surface area contributed by atoms with Gasteiger partial charge in [-0.05, 0) is 74.2 Å². The van der Waals surface area contributed by atoms with Crippen LogP contribution in [-0.2, 0) is 4.74 Å². The van der Waals surface area contributed by atoms with Crippen LogP contribution in [0.4, 0.5) is 0 Å². The van der Waals surface area contributed by atoms with Gasteiger partial charge < -0.3 is 10.5 Å². The first-order valence-corrected chi connectivity index (χ1v) is 9.67. The Kier molecular flexibility index (Phi) is 4.41. The minimum atomic E-state index is 0.0818. The van der Waals surface area contributed by atoms with E-state index in [1.807, 2.05) is 0 Å². The van der Waals surface area contributed by atoms with Crippen LogP contribution in [-0.4, -0.2) is 29.3 Å². The van der Waals surface area contributed by atoms with Crippen molar-refractivity contribution in [3.8, 4) is 0 Å². The molecule has 0 aromatic carbocycles. The fourth-order valence-corrected chi connectivity index (χ4v) is 6.41. The largest absolute Gasteiger partial charge is 0.375 e. The normalized spacial score (nSPS) is 45.5. The molecule has 3 rings (SSSR count). The fourth-order valence-electron chi connectivity index (χ4n) is 5.18. The monoisotopic (exact) mass is 297 g/mol. The highest BCUT2D eigenvalue weighted by Crippen LogP contribution is 2.47. The van der Waals surface area contributed by atoms with Crippen LogP contribution in [0.2, 0.25) is 0 Å². The van der Waals surface area contributed by atoms with Crippen molar-refractivity contribution in [2.45, 2.75) is 69.9 Å². The zero-order chi connectivity index (χ0) is 14.2. The molecule has 116 valence electrons. The molecule has 0 amide bonds. The third-order valence-electron chi connectivity index (χ3n) is 5.97. The second kappa shape index (κ2) is 5.81. The first-order valence-electron chi connectivity index (χ1n) is 8.52. The quantitative estimate of drug-likeness (QED) is 0.799. The number of ether oxygens (including phenoxy) is 1. The highest BCUT2D eigenvalue weighted by Gasteiger charge is 2.47. The predicted octanol–water partition coefficient (Wildman–Crippen LogP) is 3.83. The van der Waals surface area contributed by atoms with E-state index in [0.29, 0.717) is 5.92 Å². The van der Waals surface area contributed by atoms with Gasteiger partial charge in [-0.15, -0.1) is 0 Å². The lowest BCUT2D eigenvalue weighted by Gasteiger charge is -2.52. The molecule has 2 aliphatic heterocycles. The van der Waals surface area contributed by atoms with E-state index in [9.17, 15) is 0 Å². The second-order valence-corrected chi connectivity index (χ2v) is 9.15. The molecule has 3 fully saturated rings. The zero-order valence-corrected chi connectivity index (χ0v) is 14.0. The van der Waals surface area contributed by atoms with Crippen LogP contribution in [0.3, 0.4) is 0 Å². The summed E-state index contributed by atoms with van der Waals surface area (Å²) in [6.07, 6.45) is 8.72. The van der Waals surface area contributed by atoms with E-state index in [-0.39, 0.29) is 11.1 Å². The van der Waals surface area contributed by atoms with Gasteiger partial charge in [0, 0.05) is 12.1 Å². The van der Waals surface area contributed by atoms with Crippen molar-refractivity contribution >= 4 is 11.8 Å². The summed E-state index contributed by atoms with van der Waals surface area (Å²) < 4.78 is 6.26. The van der Waals surface area contributed by atoms with Crippen molar-refractivity contribution < 1.29 is 4.74 Å². The average Bonchev–Trinajstić information content (AvgIpc) is 2.38. The van der Waals surface area contributed by atoms with E-state index >= 15 is 0 Å². The molecule has 2 saturated heterocycles. The summed E-state index contributed by atoms with van der Waals surface area (Å²) >= 11 is 2.09. The van der Waals surface area contributed by atoms with Crippen molar-refractivity contribution in [3.05, 3.63) is 0 Å². The van der Waals surface area contributed by atoms with Gasteiger partial charge >= 0.3 is 0 Å². The standard InChI is InChI=1S/C17H31NOS/c1-13-9-14(2)11-17(18,10-13)15-3-6-19-16(12-15)4-7-20-8-5-16/h13-15H,3-12,18H2,1-2H3. The molecule has 3 unspecified atom stereocenters. The molecule has 20 heavy (non-hydrogen) atoms. The molecule has 0 aromatic rings. The van der Waals surface area contributed by atoms with Crippen molar-refractivity contribution in [2.75, 3.05) is 18.1 Å². The lowest BCUT2D eigenvalue weighted by Crippen LogP contribution is -2.57. The van der Waals surface area contributed by atoms with Crippen LogP contribution >= 0.6 is 11.8 Å². The van der Waals surface area contributed by atoms with Crippen molar-refractivity contribution in [2.24, 2.45) is 23.5 Å². The molecule has 3 aliphatic rings. The van der Waals surface area contributed by atoms with Crippen LogP contribution in [0.1, 0.15) is 58.8 Å². The molecular weight excluding hydrogens is 266 g/mol. The van der Waals surface area contributed by atoms with Crippen molar-refractivity contribution in [1.82, 2.24) is 0 Å². The number of hydrogen-bond donors (Lipinski definition) is 1. The van der Waals surface area contributed by atoms with Crippen LogP contribution in [0, 0.1) is 17.8 Å². The number of rotatable bonds is 1. The van der Waals surface area contributed by atoms with Gasteiger partial charge in [-0.3, -0.25) is 0 Å². The Morgan fingerprint density at radius 1 is 1.05 bits per heavy atom. The molecule has 2 N–H and O–H groups in total. The summed E-state index contributed by atoms with van der Waals surface area (Å²) in [6, 6.07) is 0. The van der Waals surface area contributed by atoms with Crippen LogP contribution in [0.5, 0.6) is 0 Å². The van der Waals surface area contributed by atoms with E-state index < -0.39 is 0 Å². The Bertz CT molecular complexity index is 324. The maximum absolute atomic E-state index is 6.94. The van der Waals surface area contributed by atoms with Crippen LogP contribution < -0.4 is 5.73 Å². The van der Waals surface area contributed by atoms with Gasteiger partial charge in [0.25, 0.3) is 0 Å². The van der Waals surface area contributed by atoms with Gasteiger partial charge in [0.1, 0.15) is 0 Å². The van der Waals surface area contributed by atoms with E-state index in [1.165, 1.54) is 56.5 Å². The summed E-state index contributed by atoms with van der Waals surface area (Å²) in [5.41, 5.74) is 7.21. The van der Waals surface area contributed by atoms with Crippen LogP contribution in [0.25, 0.3) is 0 Å². The van der Waals surface area contributed by atoms with Crippen molar-refractivity contribution in [3.63, 3.8) is 0 Å². The molecule has 0 aromatic heterocycles. The summed E-state index contributed by atoms with van der Waals surface area (Å²) in [6.45, 7) is 5.73. The first kappa shape index (κ1) is 15.2. The summed E-state index contributed by atoms with van der Waals surface area (Å²) in [5.74, 6) is 4.83. The van der Waals surface area contributed by atoms with E-state index in [4.69, 9.17) is 10.5 Å². The second-order valence-electron chi connectivity index (χ2n) is 7.92. The third-order valence-corrected chi connectivity index (χ3v) is 6.96. The SMILES string of the molecule is CC1CC(C)CC(N)(C2CCOC3(CCSCC3)C2)C1. The van der Waals surface area contributed by atoms with Gasteiger partial charge in [0.05, 0.1) is 5.60 Å². The zero-order valence-electron chi connectivity index (χ0n) is 13.2. The Labute approximate surface area is 128 Å². The van der Waals surface area contributed by atoms with Gasteiger partial charge in [0.15, 0.2) is 0 Å². The summed E-state index contributed by atoms with van der Waals surface area (Å²) in [4.78, 5) is 0. The van der Waals surface area contributed by atoms with Gasteiger partial charge in [0.2, 0.25) is 0 Å². The molecule has 3 atom stereocenters. The number of hydrogen-bond acceptors (Lipinski definition) is 3. The van der Waals surface area contributed by atoms with Gasteiger partial charge in [-0.2, -0.15) is 11.8 Å². The average molecular weight is 298 g/mol. The molecule has 3 heteroatoms. The van der Waals surface area contributed by atoms with E-state index in [1.54, 1.807) is 0 Å². The topological polar surface area (TPSA) is 35.2 Å².